The van der Waals surface area contributed by atoms with Gasteiger partial charge in [0.1, 0.15) is 46.9 Å². The fourth-order valence-electron chi connectivity index (χ4n) is 4.27. The first kappa shape index (κ1) is 33.4. The molecule has 2 rings (SSSR count). The Morgan fingerprint density at radius 2 is 1.56 bits per heavy atom. The lowest BCUT2D eigenvalue weighted by atomic mass is 9.97. The Bertz CT molecular complexity index is 887. The second-order valence-electron chi connectivity index (χ2n) is 10.3. The summed E-state index contributed by atoms with van der Waals surface area (Å²) >= 11 is 2.37. The Morgan fingerprint density at radius 1 is 0.974 bits per heavy atom. The Kier molecular flexibility index (Phi) is 12.2. The maximum absolute atomic E-state index is 12.9. The normalized spacial score (nSPS) is 33.2. The van der Waals surface area contributed by atoms with E-state index in [1.807, 2.05) is 6.92 Å². The highest BCUT2D eigenvalue weighted by molar-refractivity contribution is 8.00. The Morgan fingerprint density at radius 3 is 2.08 bits per heavy atom. The molecule has 0 aliphatic carbocycles. The SMILES string of the molecule is CCS[C@@H]1O[C@H](CS[C@H]2[C@@H](O)[C@H](O)[C@H](O)CN2C(=O)OC(C)(C)C)[C@@H](OC(C)=O)[C@H](OC(C)=O)[C@H]1NC(C)=O. The van der Waals surface area contributed by atoms with Gasteiger partial charge in [0.2, 0.25) is 5.91 Å². The highest BCUT2D eigenvalue weighted by Gasteiger charge is 2.51. The number of esters is 2. The lowest BCUT2D eigenvalue weighted by molar-refractivity contribution is -0.200. The average Bonchev–Trinajstić information content (AvgIpc) is 2.79. The molecular formula is C24H40N2O11S2. The van der Waals surface area contributed by atoms with Crippen molar-refractivity contribution in [1.82, 2.24) is 10.2 Å². The number of piperidine rings is 1. The number of nitrogens with zero attached hydrogens (tertiary/aromatic N) is 1. The number of aliphatic hydroxyl groups excluding tert-OH is 3. The lowest BCUT2D eigenvalue weighted by Crippen LogP contribution is -2.65. The van der Waals surface area contributed by atoms with Crippen molar-refractivity contribution in [2.75, 3.05) is 18.1 Å². The summed E-state index contributed by atoms with van der Waals surface area (Å²) in [5.41, 5.74) is -1.54. The zero-order valence-corrected chi connectivity index (χ0v) is 24.8. The van der Waals surface area contributed by atoms with E-state index in [1.165, 1.54) is 32.5 Å². The number of β-amino-alcohol motifs (C(OH)–C–C–N with tert-alkyl or cyclic N) is 1. The van der Waals surface area contributed by atoms with Crippen molar-refractivity contribution in [2.45, 2.75) is 108 Å². The summed E-state index contributed by atoms with van der Waals surface area (Å²) in [4.78, 5) is 50.1. The van der Waals surface area contributed by atoms with Gasteiger partial charge in [-0.05, 0) is 26.5 Å². The lowest BCUT2D eigenvalue weighted by Gasteiger charge is -2.47. The molecule has 0 aromatic heterocycles. The molecule has 0 bridgehead atoms. The van der Waals surface area contributed by atoms with Crippen LogP contribution in [0.4, 0.5) is 4.79 Å². The summed E-state index contributed by atoms with van der Waals surface area (Å²) in [5.74, 6) is -1.14. The standard InChI is InChI=1S/C24H40N2O11S2/c1-8-38-22-16(25-11(2)27)20(35-13(4)29)19(34-12(3)28)15(36-22)10-39-21-18(32)17(31)14(30)9-26(21)23(33)37-24(5,6)7/h14-22,30-32H,8-10H2,1-7H3,(H,25,27)/t14-,15-,16-,17-,18+,19-,20-,21+,22+/m1/s1. The molecule has 224 valence electrons. The van der Waals surface area contributed by atoms with Gasteiger partial charge in [0.25, 0.3) is 0 Å². The molecule has 15 heteroatoms. The maximum atomic E-state index is 12.9. The van der Waals surface area contributed by atoms with E-state index in [9.17, 15) is 34.5 Å². The number of carbonyl (C=O) groups is 4. The van der Waals surface area contributed by atoms with Gasteiger partial charge in [-0.2, -0.15) is 0 Å². The largest absolute Gasteiger partial charge is 0.456 e. The molecule has 4 N–H and O–H groups in total. The van der Waals surface area contributed by atoms with E-state index in [1.54, 1.807) is 20.8 Å². The summed E-state index contributed by atoms with van der Waals surface area (Å²) < 4.78 is 22.8. The molecule has 2 saturated heterocycles. The van der Waals surface area contributed by atoms with Gasteiger partial charge in [0.05, 0.1) is 6.54 Å². The van der Waals surface area contributed by atoms with Gasteiger partial charge in [0, 0.05) is 26.5 Å². The van der Waals surface area contributed by atoms with Crippen molar-refractivity contribution in [3.8, 4) is 0 Å². The molecule has 39 heavy (non-hydrogen) atoms. The maximum Gasteiger partial charge on any atom is 0.411 e. The molecule has 13 nitrogen and oxygen atoms in total. The van der Waals surface area contributed by atoms with Crippen LogP contribution in [0.5, 0.6) is 0 Å². The van der Waals surface area contributed by atoms with Crippen molar-refractivity contribution >= 4 is 47.5 Å². The third-order valence-electron chi connectivity index (χ3n) is 5.74. The zero-order chi connectivity index (χ0) is 29.7. The number of amides is 2. The third kappa shape index (κ3) is 9.39. The number of nitrogens with one attached hydrogen (secondary N) is 1. The van der Waals surface area contributed by atoms with E-state index >= 15 is 0 Å². The molecule has 2 amide bonds. The fraction of sp³-hybridized carbons (Fsp3) is 0.833. The van der Waals surface area contributed by atoms with Gasteiger partial charge in [0.15, 0.2) is 12.2 Å². The molecule has 2 fully saturated rings. The van der Waals surface area contributed by atoms with Crippen LogP contribution in [0, 0.1) is 0 Å². The number of hydrogen-bond acceptors (Lipinski definition) is 13. The highest BCUT2D eigenvalue weighted by Crippen LogP contribution is 2.36. The minimum atomic E-state index is -1.54. The van der Waals surface area contributed by atoms with Crippen LogP contribution in [-0.2, 0) is 33.3 Å². The van der Waals surface area contributed by atoms with Gasteiger partial charge in [-0.25, -0.2) is 4.79 Å². The van der Waals surface area contributed by atoms with Gasteiger partial charge < -0.3 is 39.6 Å². The van der Waals surface area contributed by atoms with Crippen molar-refractivity contribution in [1.29, 1.82) is 0 Å². The Hall–Kier alpha value is -1.78. The van der Waals surface area contributed by atoms with Crippen LogP contribution in [0.1, 0.15) is 48.5 Å². The first-order valence-electron chi connectivity index (χ1n) is 12.6. The van der Waals surface area contributed by atoms with E-state index in [2.05, 4.69) is 5.32 Å². The van der Waals surface area contributed by atoms with E-state index in [0.717, 1.165) is 16.7 Å². The molecule has 2 aliphatic heterocycles. The summed E-state index contributed by atoms with van der Waals surface area (Å²) in [6.45, 7) is 10.3. The number of thioether (sulfide) groups is 2. The van der Waals surface area contributed by atoms with Crippen molar-refractivity contribution in [3.63, 3.8) is 0 Å². The molecule has 0 radical (unpaired) electrons. The van der Waals surface area contributed by atoms with Gasteiger partial charge in [-0.1, -0.05) is 6.92 Å². The van der Waals surface area contributed by atoms with E-state index in [0.29, 0.717) is 5.75 Å². The third-order valence-corrected chi connectivity index (χ3v) is 8.20. The number of rotatable bonds is 8. The Balaban J connectivity index is 2.39. The van der Waals surface area contributed by atoms with Crippen LogP contribution in [0.3, 0.4) is 0 Å². The van der Waals surface area contributed by atoms with Crippen molar-refractivity contribution in [2.24, 2.45) is 0 Å². The van der Waals surface area contributed by atoms with Gasteiger partial charge in [-0.15, -0.1) is 23.5 Å². The molecule has 0 aromatic carbocycles. The summed E-state index contributed by atoms with van der Waals surface area (Å²) in [6.07, 6.45) is -8.41. The number of likely N-dealkylation sites (tertiary alicyclic amines) is 1. The van der Waals surface area contributed by atoms with E-state index in [-0.39, 0.29) is 12.3 Å². The number of hydrogen-bond donors (Lipinski definition) is 4. The van der Waals surface area contributed by atoms with E-state index < -0.39 is 83.0 Å². The minimum absolute atomic E-state index is 0.00706. The topological polar surface area (TPSA) is 181 Å². The summed E-state index contributed by atoms with van der Waals surface area (Å²) in [7, 11) is 0. The van der Waals surface area contributed by atoms with Gasteiger partial charge in [-0.3, -0.25) is 19.3 Å². The predicted octanol–water partition coefficient (Wildman–Crippen LogP) is 0.225. The highest BCUT2D eigenvalue weighted by atomic mass is 32.2. The number of ether oxygens (including phenoxy) is 4. The van der Waals surface area contributed by atoms with Crippen LogP contribution in [-0.4, -0.2) is 121 Å². The monoisotopic (exact) mass is 596 g/mol. The van der Waals surface area contributed by atoms with Crippen molar-refractivity contribution < 1.29 is 53.4 Å². The number of carbonyl (C=O) groups excluding carboxylic acids is 4. The first-order valence-corrected chi connectivity index (χ1v) is 14.7. The molecule has 0 spiro atoms. The van der Waals surface area contributed by atoms with Crippen LogP contribution in [0.15, 0.2) is 0 Å². The van der Waals surface area contributed by atoms with Crippen LogP contribution in [0.25, 0.3) is 0 Å². The number of aliphatic hydroxyl groups is 3. The first-order chi connectivity index (χ1) is 18.0. The second-order valence-corrected chi connectivity index (χ2v) is 12.8. The van der Waals surface area contributed by atoms with E-state index in [4.69, 9.17) is 18.9 Å². The quantitative estimate of drug-likeness (QED) is 0.221. The predicted molar refractivity (Wildman–Crippen MR) is 143 cm³/mol. The van der Waals surface area contributed by atoms with Crippen molar-refractivity contribution in [3.05, 3.63) is 0 Å². The molecule has 9 atom stereocenters. The zero-order valence-electron chi connectivity index (χ0n) is 23.2. The van der Waals surface area contributed by atoms with Gasteiger partial charge >= 0.3 is 18.0 Å². The molecule has 0 aromatic rings. The van der Waals surface area contributed by atoms with Crippen LogP contribution < -0.4 is 5.32 Å². The second kappa shape index (κ2) is 14.2. The van der Waals surface area contributed by atoms with Crippen LogP contribution >= 0.6 is 23.5 Å². The molecule has 2 aliphatic rings. The minimum Gasteiger partial charge on any atom is -0.456 e. The summed E-state index contributed by atoms with van der Waals surface area (Å²) in [5, 5.41) is 33.0. The molecule has 2 heterocycles. The Labute approximate surface area is 236 Å². The molecular weight excluding hydrogens is 556 g/mol. The summed E-state index contributed by atoms with van der Waals surface area (Å²) in [6, 6.07) is -0.836. The fourth-order valence-corrected chi connectivity index (χ4v) is 6.62. The molecule has 0 unspecified atom stereocenters. The average molecular weight is 597 g/mol. The van der Waals surface area contributed by atoms with Crippen LogP contribution in [0.2, 0.25) is 0 Å². The molecule has 0 saturated carbocycles. The smallest absolute Gasteiger partial charge is 0.411 e.